The molecular weight excluding hydrogens is 523 g/mol. The molecule has 1 unspecified atom stereocenters. The number of ether oxygens (including phenoxy) is 1. The molecule has 1 aliphatic heterocycles. The van der Waals surface area contributed by atoms with Gasteiger partial charge in [-0.05, 0) is 50.8 Å². The van der Waals surface area contributed by atoms with Gasteiger partial charge in [0.1, 0.15) is 23.2 Å². The van der Waals surface area contributed by atoms with Crippen LogP contribution in [0.1, 0.15) is 43.0 Å². The van der Waals surface area contributed by atoms with E-state index in [0.717, 1.165) is 42.5 Å². The van der Waals surface area contributed by atoms with Gasteiger partial charge in [0.15, 0.2) is 11.4 Å². The molecule has 5 rings (SSSR count). The summed E-state index contributed by atoms with van der Waals surface area (Å²) in [4.78, 5) is 5.68. The predicted molar refractivity (Wildman–Crippen MR) is 133 cm³/mol. The minimum absolute atomic E-state index is 0.124. The van der Waals surface area contributed by atoms with Crippen molar-refractivity contribution in [2.45, 2.75) is 44.6 Å². The number of hydrogen-bond acceptors (Lipinski definition) is 4. The van der Waals surface area contributed by atoms with Crippen molar-refractivity contribution >= 4 is 52.1 Å². The summed E-state index contributed by atoms with van der Waals surface area (Å²) in [5.74, 6) is -0.240. The first-order valence-corrected chi connectivity index (χ1v) is 12.3. The Bertz CT molecular complexity index is 1310. The summed E-state index contributed by atoms with van der Waals surface area (Å²) in [6.07, 6.45) is 4.21. The fraction of sp³-hybridized carbons (Fsp3) is 0.333. The van der Waals surface area contributed by atoms with Crippen LogP contribution in [0.25, 0.3) is 5.69 Å². The van der Waals surface area contributed by atoms with Gasteiger partial charge >= 0.3 is 0 Å². The van der Waals surface area contributed by atoms with Gasteiger partial charge in [0.2, 0.25) is 0 Å². The van der Waals surface area contributed by atoms with Crippen molar-refractivity contribution in [1.82, 2.24) is 9.78 Å². The zero-order valence-electron chi connectivity index (χ0n) is 18.2. The Hall–Kier alpha value is -1.99. The minimum atomic E-state index is -0.765. The van der Waals surface area contributed by atoms with E-state index in [1.807, 2.05) is 6.92 Å². The van der Waals surface area contributed by atoms with Gasteiger partial charge in [0.05, 0.1) is 21.5 Å². The van der Waals surface area contributed by atoms with Crippen LogP contribution in [0, 0.1) is 5.82 Å². The lowest BCUT2D eigenvalue weighted by atomic mass is 9.96. The first-order chi connectivity index (χ1) is 16.2. The molecule has 5 nitrogen and oxygen atoms in total. The van der Waals surface area contributed by atoms with Crippen molar-refractivity contribution in [2.24, 2.45) is 5.16 Å². The molecule has 0 fully saturated rings. The second kappa shape index (κ2) is 9.23. The molecule has 2 heterocycles. The second-order valence-electron chi connectivity index (χ2n) is 8.74. The van der Waals surface area contributed by atoms with Crippen molar-refractivity contribution in [1.29, 1.82) is 0 Å². The van der Waals surface area contributed by atoms with Gasteiger partial charge in [-0.25, -0.2) is 9.07 Å². The first-order valence-electron chi connectivity index (χ1n) is 10.8. The van der Waals surface area contributed by atoms with Crippen molar-refractivity contribution < 1.29 is 14.0 Å². The molecule has 10 heteroatoms. The first kappa shape index (κ1) is 23.7. The number of halogens is 5. The van der Waals surface area contributed by atoms with Crippen LogP contribution in [0.4, 0.5) is 4.39 Å². The maximum Gasteiger partial charge on any atom is 0.174 e. The number of oxime groups is 1. The van der Waals surface area contributed by atoms with Gasteiger partial charge < -0.3 is 9.57 Å². The summed E-state index contributed by atoms with van der Waals surface area (Å²) >= 11 is 25.1. The van der Waals surface area contributed by atoms with Crippen LogP contribution in [-0.4, -0.2) is 27.7 Å². The van der Waals surface area contributed by atoms with E-state index in [1.165, 1.54) is 16.8 Å². The maximum atomic E-state index is 14.9. The van der Waals surface area contributed by atoms with Crippen LogP contribution >= 0.6 is 46.4 Å². The lowest BCUT2D eigenvalue weighted by Gasteiger charge is -2.22. The smallest absolute Gasteiger partial charge is 0.174 e. The normalized spacial score (nSPS) is 19.5. The van der Waals surface area contributed by atoms with Gasteiger partial charge in [0.25, 0.3) is 0 Å². The zero-order valence-corrected chi connectivity index (χ0v) is 21.2. The summed E-state index contributed by atoms with van der Waals surface area (Å²) in [5, 5.41) is 10.3. The lowest BCUT2D eigenvalue weighted by molar-refractivity contribution is -0.0356. The van der Waals surface area contributed by atoms with Crippen LogP contribution in [0.2, 0.25) is 20.2 Å². The average molecular weight is 543 g/mol. The van der Waals surface area contributed by atoms with E-state index in [4.69, 9.17) is 56.0 Å². The van der Waals surface area contributed by atoms with Gasteiger partial charge in [-0.3, -0.25) is 0 Å². The molecule has 1 aliphatic carbocycles. The van der Waals surface area contributed by atoms with E-state index < -0.39 is 11.4 Å². The summed E-state index contributed by atoms with van der Waals surface area (Å²) in [6.45, 7) is 1.99. The molecule has 34 heavy (non-hydrogen) atoms. The van der Waals surface area contributed by atoms with Crippen LogP contribution in [0.5, 0.6) is 5.75 Å². The number of aromatic nitrogens is 2. The largest absolute Gasteiger partial charge is 0.488 e. The van der Waals surface area contributed by atoms with E-state index >= 15 is 0 Å². The Morgan fingerprint density at radius 3 is 2.65 bits per heavy atom. The highest BCUT2D eigenvalue weighted by Crippen LogP contribution is 2.36. The highest BCUT2D eigenvalue weighted by molar-refractivity contribution is 6.37. The molecule has 0 saturated heterocycles. The molecule has 1 aromatic heterocycles. The van der Waals surface area contributed by atoms with Gasteiger partial charge in [-0.15, -0.1) is 0 Å². The molecule has 0 N–H and O–H groups in total. The number of fused-ring (bicyclic) bond motifs is 1. The summed E-state index contributed by atoms with van der Waals surface area (Å²) < 4.78 is 22.3. The Labute approximate surface area is 216 Å². The quantitative estimate of drug-likeness (QED) is 0.336. The second-order valence-corrected chi connectivity index (χ2v) is 10.3. The number of rotatable bonds is 5. The Morgan fingerprint density at radius 2 is 1.88 bits per heavy atom. The zero-order chi connectivity index (χ0) is 24.0. The standard InChI is InChI=1S/C24H20Cl4FN3O2/c1-24(11-20(31-34-24)14-7-6-13(25)8-16(14)26)12-33-22-10-21(18(29)9-17(22)27)32-23(28)15-4-2-3-5-19(15)30-32/h6-10H,2-5,11-12H2,1H3. The summed E-state index contributed by atoms with van der Waals surface area (Å²) in [7, 11) is 0. The van der Waals surface area contributed by atoms with Crippen molar-refractivity contribution in [3.63, 3.8) is 0 Å². The molecule has 3 aromatic rings. The molecule has 0 amide bonds. The van der Waals surface area contributed by atoms with Crippen LogP contribution in [-0.2, 0) is 17.7 Å². The average Bonchev–Trinajstić information content (AvgIpc) is 3.34. The molecule has 2 aliphatic rings. The number of nitrogens with zero attached hydrogens (tertiary/aromatic N) is 3. The van der Waals surface area contributed by atoms with Gasteiger partial charge in [0, 0.05) is 28.6 Å². The molecular formula is C24H20Cl4FN3O2. The summed E-state index contributed by atoms with van der Waals surface area (Å²) in [6, 6.07) is 7.92. The third-order valence-electron chi connectivity index (χ3n) is 6.02. The topological polar surface area (TPSA) is 48.6 Å². The monoisotopic (exact) mass is 541 g/mol. The van der Waals surface area contributed by atoms with E-state index in [-0.39, 0.29) is 17.3 Å². The highest BCUT2D eigenvalue weighted by Gasteiger charge is 2.37. The van der Waals surface area contributed by atoms with Crippen molar-refractivity contribution in [3.05, 3.63) is 73.2 Å². The van der Waals surface area contributed by atoms with Crippen LogP contribution < -0.4 is 4.74 Å². The number of benzene rings is 2. The Kier molecular flexibility index (Phi) is 6.44. The van der Waals surface area contributed by atoms with Crippen LogP contribution in [0.15, 0.2) is 35.5 Å². The third-order valence-corrected chi connectivity index (χ3v) is 7.25. The molecule has 0 spiro atoms. The van der Waals surface area contributed by atoms with E-state index in [0.29, 0.717) is 33.1 Å². The molecule has 178 valence electrons. The van der Waals surface area contributed by atoms with Crippen molar-refractivity contribution in [3.8, 4) is 11.4 Å². The predicted octanol–water partition coefficient (Wildman–Crippen LogP) is 7.47. The Morgan fingerprint density at radius 1 is 1.09 bits per heavy atom. The number of aryl methyl sites for hydroxylation is 1. The van der Waals surface area contributed by atoms with Crippen LogP contribution in [0.3, 0.4) is 0 Å². The van der Waals surface area contributed by atoms with Gasteiger partial charge in [-0.2, -0.15) is 5.10 Å². The Balaban J connectivity index is 1.35. The third kappa shape index (κ3) is 4.49. The molecule has 2 aromatic carbocycles. The molecule has 1 atom stereocenters. The highest BCUT2D eigenvalue weighted by atomic mass is 35.5. The SMILES string of the molecule is CC1(COc2cc(-n3nc4c(c3Cl)CCCC4)c(F)cc2Cl)CC(c2ccc(Cl)cc2Cl)=NO1. The summed E-state index contributed by atoms with van der Waals surface area (Å²) in [5.41, 5.74) is 2.73. The maximum absolute atomic E-state index is 14.9. The molecule has 0 saturated carbocycles. The van der Waals surface area contributed by atoms with Gasteiger partial charge in [-0.1, -0.05) is 57.6 Å². The van der Waals surface area contributed by atoms with E-state index in [9.17, 15) is 4.39 Å². The van der Waals surface area contributed by atoms with E-state index in [2.05, 4.69) is 10.3 Å². The molecule has 0 radical (unpaired) electrons. The lowest BCUT2D eigenvalue weighted by Crippen LogP contribution is -2.33. The van der Waals surface area contributed by atoms with E-state index in [1.54, 1.807) is 18.2 Å². The number of hydrogen-bond donors (Lipinski definition) is 0. The fourth-order valence-corrected chi connectivity index (χ4v) is 5.28. The fourth-order valence-electron chi connectivity index (χ4n) is 4.23. The molecule has 0 bridgehead atoms. The minimum Gasteiger partial charge on any atom is -0.488 e. The van der Waals surface area contributed by atoms with Crippen molar-refractivity contribution in [2.75, 3.05) is 6.61 Å².